The van der Waals surface area contributed by atoms with Gasteiger partial charge in [0.2, 0.25) is 0 Å². The lowest BCUT2D eigenvalue weighted by molar-refractivity contribution is 1.33. The SMILES string of the molecule is c1ccc(-c2cc(-c3ccc(-c4cccc5c4sc4ccccc45)cc3)cc(-c3cccc(-c4cc5ccccc5c5ccccc45)c3)c2)nc1. The zero-order valence-corrected chi connectivity index (χ0v) is 28.6. The third-order valence-corrected chi connectivity index (χ3v) is 11.3. The van der Waals surface area contributed by atoms with E-state index in [0.717, 1.165) is 11.3 Å². The molecule has 0 fully saturated rings. The van der Waals surface area contributed by atoms with Crippen LogP contribution in [0.25, 0.3) is 97.5 Å². The highest BCUT2D eigenvalue weighted by Crippen LogP contribution is 2.41. The number of nitrogens with zero attached hydrogens (tertiary/aromatic N) is 1. The van der Waals surface area contributed by atoms with E-state index in [9.17, 15) is 0 Å². The first-order valence-electron chi connectivity index (χ1n) is 17.4. The number of hydrogen-bond acceptors (Lipinski definition) is 2. The minimum absolute atomic E-state index is 0.963. The Balaban J connectivity index is 1.09. The largest absolute Gasteiger partial charge is 0.256 e. The number of pyridine rings is 1. The van der Waals surface area contributed by atoms with Crippen LogP contribution in [-0.2, 0) is 0 Å². The van der Waals surface area contributed by atoms with Gasteiger partial charge < -0.3 is 0 Å². The van der Waals surface area contributed by atoms with Crippen LogP contribution < -0.4 is 0 Å². The molecular weight excluding hydrogens is 635 g/mol. The molecule has 0 amide bonds. The Kier molecular flexibility index (Phi) is 7.07. The first-order valence-corrected chi connectivity index (χ1v) is 18.2. The average Bonchev–Trinajstić information content (AvgIpc) is 3.60. The Morgan fingerprint density at radius 2 is 0.961 bits per heavy atom. The fourth-order valence-corrected chi connectivity index (χ4v) is 8.86. The van der Waals surface area contributed by atoms with Crippen LogP contribution in [0.4, 0.5) is 0 Å². The predicted octanol–water partition coefficient (Wildman–Crippen LogP) is 14.1. The van der Waals surface area contributed by atoms with Gasteiger partial charge in [-0.25, -0.2) is 0 Å². The molecule has 0 unspecified atom stereocenters. The van der Waals surface area contributed by atoms with Crippen molar-refractivity contribution in [1.82, 2.24) is 4.98 Å². The summed E-state index contributed by atoms with van der Waals surface area (Å²) in [4.78, 5) is 4.75. The minimum Gasteiger partial charge on any atom is -0.256 e. The molecule has 238 valence electrons. The first kappa shape index (κ1) is 29.6. The summed E-state index contributed by atoms with van der Waals surface area (Å²) in [7, 11) is 0. The third-order valence-electron chi connectivity index (χ3n) is 10.1. The lowest BCUT2D eigenvalue weighted by atomic mass is 9.90. The summed E-state index contributed by atoms with van der Waals surface area (Å²) in [5.74, 6) is 0. The molecular formula is C49H31NS. The Labute approximate surface area is 300 Å². The van der Waals surface area contributed by atoms with E-state index in [1.807, 2.05) is 23.6 Å². The zero-order valence-electron chi connectivity index (χ0n) is 27.8. The maximum atomic E-state index is 4.75. The lowest BCUT2D eigenvalue weighted by Crippen LogP contribution is -1.89. The summed E-state index contributed by atoms with van der Waals surface area (Å²) < 4.78 is 2.67. The van der Waals surface area contributed by atoms with Crippen LogP contribution in [0.2, 0.25) is 0 Å². The summed E-state index contributed by atoms with van der Waals surface area (Å²) in [6, 6.07) is 66.2. The number of aromatic nitrogens is 1. The molecule has 2 aromatic heterocycles. The quantitative estimate of drug-likeness (QED) is 0.167. The molecule has 0 saturated carbocycles. The summed E-state index contributed by atoms with van der Waals surface area (Å²) >= 11 is 1.88. The maximum Gasteiger partial charge on any atom is 0.0702 e. The molecule has 0 atom stereocenters. The van der Waals surface area contributed by atoms with E-state index >= 15 is 0 Å². The lowest BCUT2D eigenvalue weighted by Gasteiger charge is -2.14. The van der Waals surface area contributed by atoms with E-state index in [2.05, 4.69) is 176 Å². The highest BCUT2D eigenvalue weighted by molar-refractivity contribution is 7.26. The van der Waals surface area contributed by atoms with Gasteiger partial charge >= 0.3 is 0 Å². The van der Waals surface area contributed by atoms with Crippen molar-refractivity contribution in [2.75, 3.05) is 0 Å². The molecule has 0 bridgehead atoms. The maximum absolute atomic E-state index is 4.75. The molecule has 2 heterocycles. The number of benzene rings is 8. The molecule has 0 aliphatic heterocycles. The Bertz CT molecular complexity index is 2900. The molecule has 0 saturated heterocycles. The van der Waals surface area contributed by atoms with E-state index < -0.39 is 0 Å². The fraction of sp³-hybridized carbons (Fsp3) is 0. The van der Waals surface area contributed by atoms with Crippen LogP contribution in [0.3, 0.4) is 0 Å². The Morgan fingerprint density at radius 3 is 1.80 bits per heavy atom. The van der Waals surface area contributed by atoms with Crippen LogP contribution in [-0.4, -0.2) is 4.98 Å². The van der Waals surface area contributed by atoms with Gasteiger partial charge in [-0.05, 0) is 115 Å². The van der Waals surface area contributed by atoms with Gasteiger partial charge in [-0.2, -0.15) is 0 Å². The second-order valence-electron chi connectivity index (χ2n) is 13.1. The van der Waals surface area contributed by atoms with Crippen LogP contribution in [0.5, 0.6) is 0 Å². The summed E-state index contributed by atoms with van der Waals surface area (Å²) in [5, 5.41) is 7.73. The van der Waals surface area contributed by atoms with E-state index in [1.165, 1.54) is 86.2 Å². The molecule has 0 aliphatic carbocycles. The van der Waals surface area contributed by atoms with E-state index in [1.54, 1.807) is 0 Å². The van der Waals surface area contributed by atoms with Crippen molar-refractivity contribution >= 4 is 53.1 Å². The van der Waals surface area contributed by atoms with Crippen LogP contribution in [0, 0.1) is 0 Å². The van der Waals surface area contributed by atoms with Gasteiger partial charge in [0, 0.05) is 31.9 Å². The van der Waals surface area contributed by atoms with Gasteiger partial charge in [-0.3, -0.25) is 4.98 Å². The van der Waals surface area contributed by atoms with Crippen molar-refractivity contribution in [3.8, 4) is 55.8 Å². The van der Waals surface area contributed by atoms with Gasteiger partial charge in [-0.1, -0.05) is 133 Å². The van der Waals surface area contributed by atoms with E-state index in [-0.39, 0.29) is 0 Å². The van der Waals surface area contributed by atoms with Crippen molar-refractivity contribution in [2.45, 2.75) is 0 Å². The minimum atomic E-state index is 0.963. The highest BCUT2D eigenvalue weighted by Gasteiger charge is 2.14. The third kappa shape index (κ3) is 5.20. The van der Waals surface area contributed by atoms with Crippen molar-refractivity contribution in [2.24, 2.45) is 0 Å². The molecule has 0 radical (unpaired) electrons. The number of fused-ring (bicyclic) bond motifs is 6. The molecule has 0 aliphatic rings. The van der Waals surface area contributed by atoms with Gasteiger partial charge in [0.25, 0.3) is 0 Å². The number of rotatable bonds is 5. The Morgan fingerprint density at radius 1 is 0.333 bits per heavy atom. The fourth-order valence-electron chi connectivity index (χ4n) is 7.62. The molecule has 0 spiro atoms. The molecule has 1 nitrogen and oxygen atoms in total. The molecule has 51 heavy (non-hydrogen) atoms. The van der Waals surface area contributed by atoms with E-state index in [4.69, 9.17) is 4.98 Å². The first-order chi connectivity index (χ1) is 25.3. The Hall–Kier alpha value is -6.35. The normalized spacial score (nSPS) is 11.5. The number of thiophene rings is 1. The van der Waals surface area contributed by atoms with Crippen LogP contribution in [0.1, 0.15) is 0 Å². The molecule has 2 heteroatoms. The van der Waals surface area contributed by atoms with Crippen molar-refractivity contribution < 1.29 is 0 Å². The summed E-state index contributed by atoms with van der Waals surface area (Å²) in [6.07, 6.45) is 1.87. The number of hydrogen-bond donors (Lipinski definition) is 0. The summed E-state index contributed by atoms with van der Waals surface area (Å²) in [6.45, 7) is 0. The second kappa shape index (κ2) is 12.2. The second-order valence-corrected chi connectivity index (χ2v) is 14.2. The highest BCUT2D eigenvalue weighted by atomic mass is 32.1. The molecule has 8 aromatic carbocycles. The van der Waals surface area contributed by atoms with Crippen molar-refractivity contribution in [1.29, 1.82) is 0 Å². The smallest absolute Gasteiger partial charge is 0.0702 e. The monoisotopic (exact) mass is 665 g/mol. The topological polar surface area (TPSA) is 12.9 Å². The van der Waals surface area contributed by atoms with Crippen LogP contribution >= 0.6 is 11.3 Å². The van der Waals surface area contributed by atoms with Crippen molar-refractivity contribution in [3.05, 3.63) is 188 Å². The standard InChI is InChI=1S/C49H31NS/c1-2-14-40-36(11-1)31-46(43-16-4-3-15-42(40)43)35-13-9-12-34(27-35)38-28-37(29-39(30-38)47-20-7-8-26-50-47)32-22-24-33(25-23-32)41-18-10-19-45-44-17-5-6-21-48(44)51-49(41)45/h1-31H. The van der Waals surface area contributed by atoms with Gasteiger partial charge in [0.1, 0.15) is 0 Å². The molecule has 10 rings (SSSR count). The summed E-state index contributed by atoms with van der Waals surface area (Å²) in [5.41, 5.74) is 11.7. The van der Waals surface area contributed by atoms with E-state index in [0.29, 0.717) is 0 Å². The van der Waals surface area contributed by atoms with Crippen molar-refractivity contribution in [3.63, 3.8) is 0 Å². The average molecular weight is 666 g/mol. The molecule has 0 N–H and O–H groups in total. The van der Waals surface area contributed by atoms with Gasteiger partial charge in [-0.15, -0.1) is 11.3 Å². The van der Waals surface area contributed by atoms with Gasteiger partial charge in [0.05, 0.1) is 5.69 Å². The molecule has 10 aromatic rings. The predicted molar refractivity (Wildman–Crippen MR) is 219 cm³/mol. The van der Waals surface area contributed by atoms with Crippen LogP contribution in [0.15, 0.2) is 188 Å². The van der Waals surface area contributed by atoms with Gasteiger partial charge in [0.15, 0.2) is 0 Å². The zero-order chi connectivity index (χ0) is 33.7.